The number of nitrogens with one attached hydrogen (secondary N) is 1. The minimum atomic E-state index is -3.77. The van der Waals surface area contributed by atoms with E-state index >= 15 is 0 Å². The molecule has 1 amide bonds. The summed E-state index contributed by atoms with van der Waals surface area (Å²) in [4.78, 5) is 15.1. The van der Waals surface area contributed by atoms with Crippen LogP contribution in [0.1, 0.15) is 37.7 Å². The molecule has 2 fully saturated rings. The van der Waals surface area contributed by atoms with E-state index in [1.54, 1.807) is 18.2 Å². The van der Waals surface area contributed by atoms with Crippen molar-refractivity contribution in [1.29, 1.82) is 0 Å². The first kappa shape index (κ1) is 20.9. The van der Waals surface area contributed by atoms with E-state index in [1.165, 1.54) is 12.1 Å². The molecular weight excluding hydrogens is 422 g/mol. The number of sulfonamides is 1. The van der Waals surface area contributed by atoms with Crippen molar-refractivity contribution in [3.63, 3.8) is 0 Å². The number of anilines is 1. The fourth-order valence-electron chi connectivity index (χ4n) is 4.03. The lowest BCUT2D eigenvalue weighted by atomic mass is 9.64. The van der Waals surface area contributed by atoms with Crippen LogP contribution >= 0.6 is 11.6 Å². The fourth-order valence-corrected chi connectivity index (χ4v) is 5.31. The Kier molecular flexibility index (Phi) is 5.59. The summed E-state index contributed by atoms with van der Waals surface area (Å²) < 4.78 is 29.1. The Bertz CT molecular complexity index is 1090. The Morgan fingerprint density at radius 2 is 1.87 bits per heavy atom. The molecule has 6 nitrogen and oxygen atoms in total. The van der Waals surface area contributed by atoms with Gasteiger partial charge < -0.3 is 10.2 Å². The van der Waals surface area contributed by atoms with Crippen molar-refractivity contribution >= 4 is 39.1 Å². The van der Waals surface area contributed by atoms with Crippen molar-refractivity contribution in [2.24, 2.45) is 4.40 Å². The smallest absolute Gasteiger partial charge is 0.283 e. The molecule has 4 rings (SSSR count). The predicted octanol–water partition coefficient (Wildman–Crippen LogP) is 4.21. The van der Waals surface area contributed by atoms with Gasteiger partial charge in [0.15, 0.2) is 0 Å². The molecule has 158 valence electrons. The van der Waals surface area contributed by atoms with Crippen LogP contribution in [0, 0.1) is 0 Å². The molecule has 30 heavy (non-hydrogen) atoms. The zero-order valence-corrected chi connectivity index (χ0v) is 18.3. The maximum Gasteiger partial charge on any atom is 0.283 e. The molecule has 0 bridgehead atoms. The lowest BCUT2D eigenvalue weighted by Gasteiger charge is -2.40. The highest BCUT2D eigenvalue weighted by molar-refractivity contribution is 7.90. The van der Waals surface area contributed by atoms with Crippen molar-refractivity contribution in [1.82, 2.24) is 4.90 Å². The van der Waals surface area contributed by atoms with Gasteiger partial charge in [-0.25, -0.2) is 0 Å². The summed E-state index contributed by atoms with van der Waals surface area (Å²) in [5.41, 5.74) is 0.877. The third kappa shape index (κ3) is 3.96. The molecule has 0 atom stereocenters. The largest absolute Gasteiger partial charge is 0.362 e. The zero-order valence-electron chi connectivity index (χ0n) is 16.8. The highest BCUT2D eigenvalue weighted by atomic mass is 35.5. The van der Waals surface area contributed by atoms with Crippen molar-refractivity contribution in [3.05, 3.63) is 59.1 Å². The molecule has 0 unspecified atom stereocenters. The first-order valence-electron chi connectivity index (χ1n) is 10.0. The lowest BCUT2D eigenvalue weighted by Crippen LogP contribution is -2.46. The van der Waals surface area contributed by atoms with Crippen LogP contribution in [0.4, 0.5) is 5.69 Å². The molecule has 1 heterocycles. The van der Waals surface area contributed by atoms with Gasteiger partial charge in [-0.15, -0.1) is 4.40 Å². The number of nitrogens with zero attached hydrogens (tertiary/aromatic N) is 2. The van der Waals surface area contributed by atoms with Crippen LogP contribution in [0.25, 0.3) is 0 Å². The van der Waals surface area contributed by atoms with E-state index in [0.29, 0.717) is 23.0 Å². The molecule has 2 aliphatic rings. The molecule has 1 aliphatic carbocycles. The first-order valence-corrected chi connectivity index (χ1v) is 11.8. The monoisotopic (exact) mass is 445 g/mol. The standard InChI is InChI=1S/C22H24ClN3O3S/c1-26-14-3-7-20(26)25-30(28,29)19-10-8-18(9-11-19)24-21(27)22(12-4-13-22)16-5-2-6-17(23)15-16/h2,5-6,8-11,15H,3-4,7,12-14H2,1H3,(H,24,27)/b25-20+. The van der Waals surface area contributed by atoms with Gasteiger partial charge in [-0.2, -0.15) is 8.42 Å². The van der Waals surface area contributed by atoms with E-state index in [2.05, 4.69) is 9.71 Å². The second-order valence-corrected chi connectivity index (χ2v) is 9.97. The van der Waals surface area contributed by atoms with Crippen LogP contribution in [0.5, 0.6) is 0 Å². The molecule has 1 aliphatic heterocycles. The summed E-state index contributed by atoms with van der Waals surface area (Å²) in [6.45, 7) is 0.813. The number of benzene rings is 2. The highest BCUT2D eigenvalue weighted by Crippen LogP contribution is 2.45. The quantitative estimate of drug-likeness (QED) is 0.747. The molecule has 0 radical (unpaired) electrons. The minimum Gasteiger partial charge on any atom is -0.362 e. The Morgan fingerprint density at radius 1 is 1.13 bits per heavy atom. The lowest BCUT2D eigenvalue weighted by molar-refractivity contribution is -0.124. The van der Waals surface area contributed by atoms with Gasteiger partial charge in [-0.3, -0.25) is 4.79 Å². The Hall–Kier alpha value is -2.38. The van der Waals surface area contributed by atoms with Gasteiger partial charge in [0.2, 0.25) is 5.91 Å². The summed E-state index contributed by atoms with van der Waals surface area (Å²) in [5, 5.41) is 3.55. The van der Waals surface area contributed by atoms with Gasteiger partial charge in [0.25, 0.3) is 10.0 Å². The summed E-state index contributed by atoms with van der Waals surface area (Å²) in [6, 6.07) is 13.6. The van der Waals surface area contributed by atoms with Crippen LogP contribution in [0.3, 0.4) is 0 Å². The zero-order chi connectivity index (χ0) is 21.4. The Labute approximate surface area is 182 Å². The van der Waals surface area contributed by atoms with Crippen molar-refractivity contribution < 1.29 is 13.2 Å². The van der Waals surface area contributed by atoms with Crippen LogP contribution in [-0.4, -0.2) is 38.7 Å². The molecule has 1 saturated carbocycles. The van der Waals surface area contributed by atoms with E-state index in [4.69, 9.17) is 11.6 Å². The van der Waals surface area contributed by atoms with E-state index < -0.39 is 15.4 Å². The van der Waals surface area contributed by atoms with E-state index in [9.17, 15) is 13.2 Å². The highest BCUT2D eigenvalue weighted by Gasteiger charge is 2.45. The second kappa shape index (κ2) is 8.04. The number of halogens is 1. The maximum atomic E-state index is 13.1. The third-order valence-corrected chi connectivity index (χ3v) is 7.54. The van der Waals surface area contributed by atoms with Gasteiger partial charge in [-0.1, -0.05) is 30.2 Å². The molecule has 1 N–H and O–H groups in total. The molecule has 0 aromatic heterocycles. The van der Waals surface area contributed by atoms with Crippen LogP contribution in [0.15, 0.2) is 57.8 Å². The average Bonchev–Trinajstić information content (AvgIpc) is 3.05. The van der Waals surface area contributed by atoms with Crippen LogP contribution in [-0.2, 0) is 20.2 Å². The SMILES string of the molecule is CN1CCC/C1=N\S(=O)(=O)c1ccc(NC(=O)C2(c3cccc(Cl)c3)CCC2)cc1. The topological polar surface area (TPSA) is 78.8 Å². The Balaban J connectivity index is 1.51. The number of carbonyl (C=O) groups is 1. The van der Waals surface area contributed by atoms with Gasteiger partial charge in [-0.05, 0) is 61.2 Å². The van der Waals surface area contributed by atoms with Crippen LogP contribution < -0.4 is 5.32 Å². The average molecular weight is 446 g/mol. The number of hydrogen-bond donors (Lipinski definition) is 1. The predicted molar refractivity (Wildman–Crippen MR) is 119 cm³/mol. The van der Waals surface area contributed by atoms with E-state index in [1.807, 2.05) is 30.1 Å². The molecule has 8 heteroatoms. The van der Waals surface area contributed by atoms with Crippen molar-refractivity contribution in [3.8, 4) is 0 Å². The summed E-state index contributed by atoms with van der Waals surface area (Å²) >= 11 is 6.12. The minimum absolute atomic E-state index is 0.0977. The summed E-state index contributed by atoms with van der Waals surface area (Å²) in [5.74, 6) is 0.486. The third-order valence-electron chi connectivity index (χ3n) is 5.99. The number of carbonyl (C=O) groups excluding carboxylic acids is 1. The number of amides is 1. The number of rotatable bonds is 5. The first-order chi connectivity index (χ1) is 14.3. The number of hydrogen-bond acceptors (Lipinski definition) is 3. The normalized spacial score (nSPS) is 19.5. The second-order valence-electron chi connectivity index (χ2n) is 7.93. The maximum absolute atomic E-state index is 13.1. The van der Waals surface area contributed by atoms with E-state index in [-0.39, 0.29) is 10.8 Å². The van der Waals surface area contributed by atoms with Gasteiger partial charge in [0, 0.05) is 30.7 Å². The molecule has 2 aromatic carbocycles. The van der Waals surface area contributed by atoms with Crippen molar-refractivity contribution in [2.75, 3.05) is 18.9 Å². The van der Waals surface area contributed by atoms with Crippen LogP contribution in [0.2, 0.25) is 5.02 Å². The fraction of sp³-hybridized carbons (Fsp3) is 0.364. The number of amidine groups is 1. The molecular formula is C22H24ClN3O3S. The van der Waals surface area contributed by atoms with Gasteiger partial charge in [0.1, 0.15) is 5.84 Å². The van der Waals surface area contributed by atoms with Crippen molar-refractivity contribution in [2.45, 2.75) is 42.4 Å². The van der Waals surface area contributed by atoms with Gasteiger partial charge in [0.05, 0.1) is 10.3 Å². The number of likely N-dealkylation sites (tertiary alicyclic amines) is 1. The molecule has 1 saturated heterocycles. The molecule has 2 aromatic rings. The summed E-state index contributed by atoms with van der Waals surface area (Å²) in [6.07, 6.45) is 4.07. The summed E-state index contributed by atoms with van der Waals surface area (Å²) in [7, 11) is -1.93. The molecule has 0 spiro atoms. The van der Waals surface area contributed by atoms with E-state index in [0.717, 1.165) is 37.8 Å². The van der Waals surface area contributed by atoms with Gasteiger partial charge >= 0.3 is 0 Å². The Morgan fingerprint density at radius 3 is 2.43 bits per heavy atom.